The molecule has 1 aromatic heterocycles. The second-order valence-electron chi connectivity index (χ2n) is 5.81. The van der Waals surface area contributed by atoms with Gasteiger partial charge in [-0.2, -0.15) is 0 Å². The zero-order valence-corrected chi connectivity index (χ0v) is 11.2. The molecule has 4 rings (SSSR count). The molecule has 1 aromatic carbocycles. The molecule has 19 heavy (non-hydrogen) atoms. The Morgan fingerprint density at radius 1 is 1.32 bits per heavy atom. The maximum Gasteiger partial charge on any atom is 0.201 e. The van der Waals surface area contributed by atoms with Crippen LogP contribution in [0.5, 0.6) is 0 Å². The molecule has 1 aliphatic carbocycles. The number of ether oxygens (including phenoxy) is 1. The van der Waals surface area contributed by atoms with E-state index in [0.717, 1.165) is 24.5 Å². The molecule has 2 fully saturated rings. The van der Waals surface area contributed by atoms with Gasteiger partial charge in [0.15, 0.2) is 0 Å². The van der Waals surface area contributed by atoms with Gasteiger partial charge >= 0.3 is 0 Å². The number of benzene rings is 1. The summed E-state index contributed by atoms with van der Waals surface area (Å²) in [4.78, 5) is 4.52. The van der Waals surface area contributed by atoms with Crippen LogP contribution in [-0.4, -0.2) is 22.3 Å². The van der Waals surface area contributed by atoms with E-state index < -0.39 is 0 Å². The Bertz CT molecular complexity index is 630. The third-order valence-corrected chi connectivity index (χ3v) is 4.46. The van der Waals surface area contributed by atoms with Crippen LogP contribution in [0.4, 0.5) is 5.95 Å². The summed E-state index contributed by atoms with van der Waals surface area (Å²) in [5.41, 5.74) is 9.60. The number of imidazole rings is 1. The fraction of sp³-hybridized carbons (Fsp3) is 0.533. The Balaban J connectivity index is 1.87. The minimum absolute atomic E-state index is 0.333. The van der Waals surface area contributed by atoms with Crippen molar-refractivity contribution in [2.45, 2.75) is 38.3 Å². The third kappa shape index (κ3) is 1.66. The number of rotatable bonds is 2. The van der Waals surface area contributed by atoms with Crippen LogP contribution in [0.25, 0.3) is 11.0 Å². The summed E-state index contributed by atoms with van der Waals surface area (Å²) in [6.45, 7) is 2.97. The highest BCUT2D eigenvalue weighted by atomic mass is 16.5. The first kappa shape index (κ1) is 11.3. The van der Waals surface area contributed by atoms with E-state index in [-0.39, 0.29) is 0 Å². The molecule has 1 saturated heterocycles. The molecule has 4 nitrogen and oxygen atoms in total. The normalized spacial score (nSPS) is 27.2. The van der Waals surface area contributed by atoms with Crippen molar-refractivity contribution in [1.82, 2.24) is 9.55 Å². The van der Waals surface area contributed by atoms with E-state index in [4.69, 9.17) is 10.5 Å². The summed E-state index contributed by atoms with van der Waals surface area (Å²) in [5, 5.41) is 0. The van der Waals surface area contributed by atoms with Gasteiger partial charge in [-0.15, -0.1) is 0 Å². The number of anilines is 1. The van der Waals surface area contributed by atoms with Gasteiger partial charge in [-0.1, -0.05) is 12.1 Å². The first-order valence-electron chi connectivity index (χ1n) is 7.10. The van der Waals surface area contributed by atoms with Crippen LogP contribution in [0.3, 0.4) is 0 Å². The van der Waals surface area contributed by atoms with E-state index in [1.54, 1.807) is 0 Å². The van der Waals surface area contributed by atoms with Crippen LogP contribution < -0.4 is 5.73 Å². The summed E-state index contributed by atoms with van der Waals surface area (Å²) in [7, 11) is 0. The maximum atomic E-state index is 6.18. The van der Waals surface area contributed by atoms with E-state index >= 15 is 0 Å². The Kier molecular flexibility index (Phi) is 2.36. The summed E-state index contributed by atoms with van der Waals surface area (Å²) in [6.07, 6.45) is 3.98. The smallest absolute Gasteiger partial charge is 0.201 e. The molecule has 0 amide bonds. The van der Waals surface area contributed by atoms with Crippen LogP contribution >= 0.6 is 0 Å². The van der Waals surface area contributed by atoms with Gasteiger partial charge < -0.3 is 15.0 Å². The second kappa shape index (κ2) is 3.97. The first-order valence-corrected chi connectivity index (χ1v) is 7.10. The number of aromatic nitrogens is 2. The quantitative estimate of drug-likeness (QED) is 0.900. The van der Waals surface area contributed by atoms with E-state index in [9.17, 15) is 0 Å². The Morgan fingerprint density at radius 2 is 2.16 bits per heavy atom. The lowest BCUT2D eigenvalue weighted by Crippen LogP contribution is -2.23. The van der Waals surface area contributed by atoms with Crippen molar-refractivity contribution in [2.24, 2.45) is 5.92 Å². The molecule has 0 radical (unpaired) electrons. The van der Waals surface area contributed by atoms with E-state index in [1.165, 1.54) is 23.9 Å². The molecule has 2 heterocycles. The van der Waals surface area contributed by atoms with Gasteiger partial charge in [0.1, 0.15) is 0 Å². The average Bonchev–Trinajstić information content (AvgIpc) is 3.01. The van der Waals surface area contributed by atoms with Gasteiger partial charge in [-0.3, -0.25) is 0 Å². The number of hydrogen-bond donors (Lipinski definition) is 1. The van der Waals surface area contributed by atoms with E-state index in [2.05, 4.69) is 22.5 Å². The molecular weight excluding hydrogens is 238 g/mol. The molecule has 2 aromatic rings. The monoisotopic (exact) mass is 257 g/mol. The van der Waals surface area contributed by atoms with Crippen molar-refractivity contribution in [3.63, 3.8) is 0 Å². The van der Waals surface area contributed by atoms with Crippen molar-refractivity contribution in [3.8, 4) is 0 Å². The lowest BCUT2D eigenvalue weighted by molar-refractivity contribution is 0.0762. The maximum absolute atomic E-state index is 6.18. The molecule has 2 N–H and O–H groups in total. The minimum atomic E-state index is 0.333. The van der Waals surface area contributed by atoms with Crippen molar-refractivity contribution < 1.29 is 4.74 Å². The van der Waals surface area contributed by atoms with Crippen molar-refractivity contribution in [2.75, 3.05) is 12.3 Å². The molecule has 2 unspecified atom stereocenters. The molecule has 2 aliphatic rings. The Labute approximate surface area is 112 Å². The molecule has 4 heteroatoms. The van der Waals surface area contributed by atoms with Crippen molar-refractivity contribution in [1.29, 1.82) is 0 Å². The molecule has 1 saturated carbocycles. The second-order valence-corrected chi connectivity index (χ2v) is 5.81. The topological polar surface area (TPSA) is 53.1 Å². The van der Waals surface area contributed by atoms with Crippen LogP contribution in [0.1, 0.15) is 30.9 Å². The third-order valence-electron chi connectivity index (χ3n) is 4.46. The van der Waals surface area contributed by atoms with Gasteiger partial charge in [0, 0.05) is 6.61 Å². The van der Waals surface area contributed by atoms with Crippen LogP contribution in [0, 0.1) is 12.8 Å². The molecule has 0 bridgehead atoms. The highest BCUT2D eigenvalue weighted by Crippen LogP contribution is 2.45. The lowest BCUT2D eigenvalue weighted by atomic mass is 10.1. The molecule has 100 valence electrons. The predicted molar refractivity (Wildman–Crippen MR) is 75.0 cm³/mol. The summed E-state index contributed by atoms with van der Waals surface area (Å²) in [6, 6.07) is 6.57. The summed E-state index contributed by atoms with van der Waals surface area (Å²) >= 11 is 0. The van der Waals surface area contributed by atoms with Crippen LogP contribution in [-0.2, 0) is 4.74 Å². The largest absolute Gasteiger partial charge is 0.376 e. The van der Waals surface area contributed by atoms with E-state index in [0.29, 0.717) is 18.1 Å². The summed E-state index contributed by atoms with van der Waals surface area (Å²) in [5.74, 6) is 1.36. The standard InChI is InChI=1S/C15H19N3O/c1-9-3-2-4-11-13(9)18(15(16)17-11)12-7-8-19-14(12)10-5-6-10/h2-4,10,12,14H,5-8H2,1H3,(H2,16,17). The molecule has 0 spiro atoms. The zero-order valence-electron chi connectivity index (χ0n) is 11.2. The number of nitrogens with two attached hydrogens (primary N) is 1. The fourth-order valence-electron chi connectivity index (χ4n) is 3.43. The fourth-order valence-corrected chi connectivity index (χ4v) is 3.43. The van der Waals surface area contributed by atoms with Gasteiger partial charge in [-0.05, 0) is 43.7 Å². The Hall–Kier alpha value is -1.55. The van der Waals surface area contributed by atoms with Gasteiger partial charge in [0.25, 0.3) is 0 Å². The average molecular weight is 257 g/mol. The highest BCUT2D eigenvalue weighted by Gasteiger charge is 2.42. The van der Waals surface area contributed by atoms with Crippen LogP contribution in [0.15, 0.2) is 18.2 Å². The number of aryl methyl sites for hydroxylation is 1. The SMILES string of the molecule is Cc1cccc2nc(N)n(C3CCOC3C3CC3)c12. The predicted octanol–water partition coefficient (Wildman–Crippen LogP) is 2.67. The van der Waals surface area contributed by atoms with Crippen LogP contribution in [0.2, 0.25) is 0 Å². The number of para-hydroxylation sites is 1. The van der Waals surface area contributed by atoms with Crippen molar-refractivity contribution in [3.05, 3.63) is 23.8 Å². The number of fused-ring (bicyclic) bond motifs is 1. The number of nitrogen functional groups attached to an aromatic ring is 1. The lowest BCUT2D eigenvalue weighted by Gasteiger charge is -2.22. The summed E-state index contributed by atoms with van der Waals surface area (Å²) < 4.78 is 8.18. The highest BCUT2D eigenvalue weighted by molar-refractivity contribution is 5.81. The molecule has 1 aliphatic heterocycles. The van der Waals surface area contributed by atoms with E-state index in [1.807, 2.05) is 12.1 Å². The zero-order chi connectivity index (χ0) is 13.0. The number of nitrogens with zero attached hydrogens (tertiary/aromatic N) is 2. The molecular formula is C15H19N3O. The first-order chi connectivity index (χ1) is 9.25. The minimum Gasteiger partial charge on any atom is -0.376 e. The molecule has 2 atom stereocenters. The number of hydrogen-bond acceptors (Lipinski definition) is 3. The van der Waals surface area contributed by atoms with Gasteiger partial charge in [0.05, 0.1) is 23.2 Å². The van der Waals surface area contributed by atoms with Crippen molar-refractivity contribution >= 4 is 17.0 Å². The van der Waals surface area contributed by atoms with Gasteiger partial charge in [-0.25, -0.2) is 4.98 Å². The van der Waals surface area contributed by atoms with Gasteiger partial charge in [0.2, 0.25) is 5.95 Å². The Morgan fingerprint density at radius 3 is 2.95 bits per heavy atom.